The van der Waals surface area contributed by atoms with E-state index in [-0.39, 0.29) is 29.7 Å². The van der Waals surface area contributed by atoms with Crippen LogP contribution in [0.4, 0.5) is 14.5 Å². The Morgan fingerprint density at radius 1 is 1.38 bits per heavy atom. The fourth-order valence-electron chi connectivity index (χ4n) is 2.84. The Labute approximate surface area is 137 Å². The largest absolute Gasteiger partial charge is 0.586 e. The van der Waals surface area contributed by atoms with Crippen LogP contribution in [0.1, 0.15) is 20.3 Å². The topological polar surface area (TPSA) is 67.9 Å². The van der Waals surface area contributed by atoms with Crippen LogP contribution in [0.15, 0.2) is 18.2 Å². The van der Waals surface area contributed by atoms with Gasteiger partial charge in [0.25, 0.3) is 0 Å². The van der Waals surface area contributed by atoms with Gasteiger partial charge >= 0.3 is 6.29 Å². The van der Waals surface area contributed by atoms with Gasteiger partial charge in [0, 0.05) is 31.3 Å². The average Bonchev–Trinajstić information content (AvgIpc) is 2.96. The number of rotatable bonds is 4. The van der Waals surface area contributed by atoms with E-state index < -0.39 is 12.2 Å². The van der Waals surface area contributed by atoms with Crippen molar-refractivity contribution in [1.29, 1.82) is 0 Å². The lowest BCUT2D eigenvalue weighted by atomic mass is 10.1. The summed E-state index contributed by atoms with van der Waals surface area (Å²) in [7, 11) is 0. The van der Waals surface area contributed by atoms with Crippen LogP contribution in [-0.2, 0) is 9.59 Å². The molecule has 2 aliphatic heterocycles. The molecule has 2 aliphatic rings. The highest BCUT2D eigenvalue weighted by Crippen LogP contribution is 2.42. The van der Waals surface area contributed by atoms with Gasteiger partial charge in [-0.2, -0.15) is 0 Å². The molecular weight excluding hydrogens is 322 g/mol. The summed E-state index contributed by atoms with van der Waals surface area (Å²) < 4.78 is 34.6. The van der Waals surface area contributed by atoms with Crippen molar-refractivity contribution >= 4 is 17.5 Å². The van der Waals surface area contributed by atoms with Gasteiger partial charge in [0.05, 0.1) is 5.92 Å². The number of benzene rings is 1. The number of hydrogen-bond donors (Lipinski definition) is 1. The fourth-order valence-corrected chi connectivity index (χ4v) is 2.84. The van der Waals surface area contributed by atoms with Crippen molar-refractivity contribution in [3.8, 4) is 11.5 Å². The van der Waals surface area contributed by atoms with Gasteiger partial charge in [-0.05, 0) is 18.1 Å². The van der Waals surface area contributed by atoms with E-state index in [1.807, 2.05) is 13.8 Å². The lowest BCUT2D eigenvalue weighted by molar-refractivity contribution is -0.286. The molecule has 2 amide bonds. The number of ether oxygens (including phenoxy) is 2. The number of halogens is 2. The quantitative estimate of drug-likeness (QED) is 0.914. The zero-order valence-electron chi connectivity index (χ0n) is 13.3. The molecule has 1 atom stereocenters. The molecule has 1 N–H and O–H groups in total. The van der Waals surface area contributed by atoms with Crippen LogP contribution in [0, 0.1) is 11.8 Å². The standard InChI is InChI=1S/C16H18F2N2O4/c1-9(2)7-20-8-10(5-14(20)21)15(22)19-11-3-4-12-13(6-11)24-16(17,18)23-12/h3-4,6,9-10H,5,7-8H2,1-2H3,(H,19,22)/t10-/m1/s1. The molecule has 0 aromatic heterocycles. The summed E-state index contributed by atoms with van der Waals surface area (Å²) in [5, 5.41) is 2.64. The van der Waals surface area contributed by atoms with Gasteiger partial charge in [0.2, 0.25) is 11.8 Å². The molecular formula is C16H18F2N2O4. The minimum atomic E-state index is -3.69. The average molecular weight is 340 g/mol. The molecule has 2 heterocycles. The number of hydrogen-bond acceptors (Lipinski definition) is 4. The molecule has 0 bridgehead atoms. The molecule has 24 heavy (non-hydrogen) atoms. The van der Waals surface area contributed by atoms with E-state index in [2.05, 4.69) is 14.8 Å². The second-order valence-electron chi connectivity index (χ2n) is 6.41. The van der Waals surface area contributed by atoms with Crippen LogP contribution in [-0.4, -0.2) is 36.1 Å². The molecule has 8 heteroatoms. The van der Waals surface area contributed by atoms with Crippen molar-refractivity contribution in [2.75, 3.05) is 18.4 Å². The number of anilines is 1. The molecule has 0 radical (unpaired) electrons. The summed E-state index contributed by atoms with van der Waals surface area (Å²) in [5.74, 6) is -0.720. The van der Waals surface area contributed by atoms with Crippen molar-refractivity contribution < 1.29 is 27.8 Å². The zero-order valence-corrected chi connectivity index (χ0v) is 13.3. The number of fused-ring (bicyclic) bond motifs is 1. The van der Waals surface area contributed by atoms with Gasteiger partial charge < -0.3 is 19.7 Å². The number of amides is 2. The summed E-state index contributed by atoms with van der Waals surface area (Å²) >= 11 is 0. The predicted molar refractivity (Wildman–Crippen MR) is 80.8 cm³/mol. The van der Waals surface area contributed by atoms with Gasteiger partial charge in [-0.25, -0.2) is 0 Å². The maximum Gasteiger partial charge on any atom is 0.586 e. The smallest absolute Gasteiger partial charge is 0.395 e. The molecule has 0 saturated carbocycles. The Balaban J connectivity index is 1.63. The molecule has 1 aromatic carbocycles. The normalized spacial score (nSPS) is 21.5. The number of carbonyl (C=O) groups excluding carboxylic acids is 2. The first-order valence-corrected chi connectivity index (χ1v) is 7.72. The summed E-state index contributed by atoms with van der Waals surface area (Å²) in [6, 6.07) is 4.03. The van der Waals surface area contributed by atoms with Crippen molar-refractivity contribution in [3.05, 3.63) is 18.2 Å². The molecule has 0 unspecified atom stereocenters. The molecule has 3 rings (SSSR count). The second kappa shape index (κ2) is 5.92. The van der Waals surface area contributed by atoms with Crippen molar-refractivity contribution in [1.82, 2.24) is 4.90 Å². The third-order valence-electron chi connectivity index (χ3n) is 3.84. The van der Waals surface area contributed by atoms with Crippen LogP contribution >= 0.6 is 0 Å². The maximum atomic E-state index is 13.0. The first-order valence-electron chi connectivity index (χ1n) is 7.72. The van der Waals surface area contributed by atoms with Crippen LogP contribution in [0.3, 0.4) is 0 Å². The van der Waals surface area contributed by atoms with Crippen LogP contribution in [0.25, 0.3) is 0 Å². The van der Waals surface area contributed by atoms with E-state index in [4.69, 9.17) is 0 Å². The first-order chi connectivity index (χ1) is 11.2. The molecule has 0 aliphatic carbocycles. The Hall–Kier alpha value is -2.38. The van der Waals surface area contributed by atoms with Gasteiger partial charge in [-0.15, -0.1) is 8.78 Å². The van der Waals surface area contributed by atoms with Crippen LogP contribution < -0.4 is 14.8 Å². The van der Waals surface area contributed by atoms with Crippen LogP contribution in [0.5, 0.6) is 11.5 Å². The van der Waals surface area contributed by atoms with E-state index in [0.29, 0.717) is 24.7 Å². The number of likely N-dealkylation sites (tertiary alicyclic amines) is 1. The Bertz CT molecular complexity index is 678. The minimum absolute atomic E-state index is 0.0471. The summed E-state index contributed by atoms with van der Waals surface area (Å²) in [6.45, 7) is 4.99. The predicted octanol–water partition coefficient (Wildman–Crippen LogP) is 2.45. The maximum absolute atomic E-state index is 13.0. The van der Waals surface area contributed by atoms with Gasteiger partial charge in [0.15, 0.2) is 11.5 Å². The van der Waals surface area contributed by atoms with Gasteiger partial charge in [0.1, 0.15) is 0 Å². The molecule has 130 valence electrons. The Kier molecular flexibility index (Phi) is 4.06. The fraction of sp³-hybridized carbons (Fsp3) is 0.500. The molecule has 0 spiro atoms. The molecule has 1 fully saturated rings. The summed E-state index contributed by atoms with van der Waals surface area (Å²) in [6.07, 6.45) is -3.54. The summed E-state index contributed by atoms with van der Waals surface area (Å²) in [5.41, 5.74) is 0.315. The minimum Gasteiger partial charge on any atom is -0.395 e. The van der Waals surface area contributed by atoms with E-state index in [9.17, 15) is 18.4 Å². The van der Waals surface area contributed by atoms with Crippen molar-refractivity contribution in [3.63, 3.8) is 0 Å². The number of nitrogens with one attached hydrogen (secondary N) is 1. The third kappa shape index (κ3) is 3.42. The van der Waals surface area contributed by atoms with E-state index in [1.54, 1.807) is 4.90 Å². The first kappa shape index (κ1) is 16.5. The Morgan fingerprint density at radius 3 is 2.79 bits per heavy atom. The van der Waals surface area contributed by atoms with Gasteiger partial charge in [-0.1, -0.05) is 13.8 Å². The number of carbonyl (C=O) groups is 2. The van der Waals surface area contributed by atoms with E-state index >= 15 is 0 Å². The second-order valence-corrected chi connectivity index (χ2v) is 6.41. The van der Waals surface area contributed by atoms with Crippen molar-refractivity contribution in [2.24, 2.45) is 11.8 Å². The lowest BCUT2D eigenvalue weighted by Crippen LogP contribution is -2.31. The molecule has 1 aromatic rings. The highest BCUT2D eigenvalue weighted by molar-refractivity contribution is 5.97. The Morgan fingerprint density at radius 2 is 2.08 bits per heavy atom. The van der Waals surface area contributed by atoms with Crippen molar-refractivity contribution in [2.45, 2.75) is 26.6 Å². The number of nitrogens with zero attached hydrogens (tertiary/aromatic N) is 1. The third-order valence-corrected chi connectivity index (χ3v) is 3.84. The molecule has 6 nitrogen and oxygen atoms in total. The zero-order chi connectivity index (χ0) is 17.5. The SMILES string of the molecule is CC(C)CN1C[C@H](C(=O)Nc2ccc3c(c2)OC(F)(F)O3)CC1=O. The van der Waals surface area contributed by atoms with E-state index in [1.165, 1.54) is 18.2 Å². The highest BCUT2D eigenvalue weighted by Gasteiger charge is 2.43. The van der Waals surface area contributed by atoms with Gasteiger partial charge in [-0.3, -0.25) is 9.59 Å². The van der Waals surface area contributed by atoms with E-state index in [0.717, 1.165) is 0 Å². The number of alkyl halides is 2. The highest BCUT2D eigenvalue weighted by atomic mass is 19.3. The monoisotopic (exact) mass is 340 g/mol. The lowest BCUT2D eigenvalue weighted by Gasteiger charge is -2.18. The van der Waals surface area contributed by atoms with Crippen LogP contribution in [0.2, 0.25) is 0 Å². The summed E-state index contributed by atoms with van der Waals surface area (Å²) in [4.78, 5) is 25.9. The molecule has 1 saturated heterocycles.